The third kappa shape index (κ3) is 2.30. The zero-order valence-corrected chi connectivity index (χ0v) is 9.72. The van der Waals surface area contributed by atoms with E-state index in [1.54, 1.807) is 34.4 Å². The van der Waals surface area contributed by atoms with Gasteiger partial charge in [-0.05, 0) is 25.6 Å². The summed E-state index contributed by atoms with van der Waals surface area (Å²) in [4.78, 5) is 11.0. The average Bonchev–Trinajstić information content (AvgIpc) is 2.62. The Morgan fingerprint density at radius 3 is 1.77 bits per heavy atom. The van der Waals surface area contributed by atoms with Gasteiger partial charge in [0, 0.05) is 22.1 Å². The quantitative estimate of drug-likeness (QED) is 0.788. The Morgan fingerprint density at radius 1 is 1.00 bits per heavy atom. The lowest BCUT2D eigenvalue weighted by Gasteiger charge is -1.87. The molecule has 0 aliphatic carbocycles. The van der Waals surface area contributed by atoms with Crippen molar-refractivity contribution in [2.75, 3.05) is 0 Å². The van der Waals surface area contributed by atoms with E-state index in [0.29, 0.717) is 0 Å². The molecule has 2 nitrogen and oxygen atoms in total. The topological polar surface area (TPSA) is 25.8 Å². The molecule has 0 saturated heterocycles. The van der Waals surface area contributed by atoms with Gasteiger partial charge in [0.05, 0.1) is 0 Å². The summed E-state index contributed by atoms with van der Waals surface area (Å²) < 4.78 is 2.15. The van der Waals surface area contributed by atoms with Crippen LogP contribution in [0.3, 0.4) is 0 Å². The Kier molecular flexibility index (Phi) is 2.66. The molecule has 0 aromatic carbocycles. The molecule has 5 heteroatoms. The van der Waals surface area contributed by atoms with Crippen LogP contribution in [-0.2, 0) is 0 Å². The normalized spacial score (nSPS) is 10.6. The fourth-order valence-electron chi connectivity index (χ4n) is 0.837. The first-order valence-electron chi connectivity index (χ1n) is 3.77. The molecular formula is C8H8N2S3. The van der Waals surface area contributed by atoms with Crippen molar-refractivity contribution < 1.29 is 0 Å². The summed E-state index contributed by atoms with van der Waals surface area (Å²) in [5, 5.41) is 0. The van der Waals surface area contributed by atoms with Crippen LogP contribution in [-0.4, -0.2) is 9.97 Å². The Hall–Kier alpha value is -0.390. The molecule has 0 N–H and O–H groups in total. The Morgan fingerprint density at radius 2 is 1.46 bits per heavy atom. The van der Waals surface area contributed by atoms with Crippen molar-refractivity contribution in [3.05, 3.63) is 22.1 Å². The smallest absolute Gasteiger partial charge is 0.157 e. The molecule has 2 heterocycles. The van der Waals surface area contributed by atoms with E-state index in [-0.39, 0.29) is 0 Å². The molecule has 0 bridgehead atoms. The van der Waals surface area contributed by atoms with Crippen molar-refractivity contribution in [2.45, 2.75) is 22.5 Å². The first kappa shape index (κ1) is 9.18. The molecule has 0 atom stereocenters. The summed E-state index contributed by atoms with van der Waals surface area (Å²) in [6.45, 7) is 4.13. The number of rotatable bonds is 2. The highest BCUT2D eigenvalue weighted by molar-refractivity contribution is 8.02. The third-order valence-corrected chi connectivity index (χ3v) is 4.35. The lowest BCUT2D eigenvalue weighted by Crippen LogP contribution is -1.66. The van der Waals surface area contributed by atoms with Gasteiger partial charge in [-0.1, -0.05) is 0 Å². The fourth-order valence-corrected chi connectivity index (χ4v) is 3.92. The van der Waals surface area contributed by atoms with Crippen molar-refractivity contribution in [1.29, 1.82) is 0 Å². The zero-order valence-electron chi connectivity index (χ0n) is 7.27. The maximum atomic E-state index is 4.27. The lowest BCUT2D eigenvalue weighted by molar-refractivity contribution is 1.20. The van der Waals surface area contributed by atoms with Gasteiger partial charge in [-0.15, -0.1) is 22.7 Å². The Labute approximate surface area is 89.1 Å². The van der Waals surface area contributed by atoms with Gasteiger partial charge in [0.1, 0.15) is 0 Å². The summed E-state index contributed by atoms with van der Waals surface area (Å²) in [5.74, 6) is 0. The Balaban J connectivity index is 2.14. The van der Waals surface area contributed by atoms with E-state index in [9.17, 15) is 0 Å². The standard InChI is InChI=1S/C8H8N2S3/c1-5-3-9-7(11-5)13-8-10-4-6(2)12-8/h3-4H,1-2H3. The molecule has 2 aromatic rings. The fraction of sp³-hybridized carbons (Fsp3) is 0.250. The summed E-state index contributed by atoms with van der Waals surface area (Å²) in [6.07, 6.45) is 3.79. The molecule has 68 valence electrons. The predicted octanol–water partition coefficient (Wildman–Crippen LogP) is 3.37. The lowest BCUT2D eigenvalue weighted by atomic mass is 10.7. The molecule has 0 aliphatic heterocycles. The largest absolute Gasteiger partial charge is 0.237 e. The first-order chi connectivity index (χ1) is 6.24. The predicted molar refractivity (Wildman–Crippen MR) is 57.8 cm³/mol. The maximum absolute atomic E-state index is 4.27. The van der Waals surface area contributed by atoms with Gasteiger partial charge < -0.3 is 0 Å². The van der Waals surface area contributed by atoms with Gasteiger partial charge >= 0.3 is 0 Å². The SMILES string of the molecule is Cc1cnc(Sc2ncc(C)s2)s1. The third-order valence-electron chi connectivity index (χ3n) is 1.37. The van der Waals surface area contributed by atoms with Crippen LogP contribution in [0.15, 0.2) is 21.1 Å². The van der Waals surface area contributed by atoms with Gasteiger partial charge in [0.2, 0.25) is 0 Å². The van der Waals surface area contributed by atoms with Crippen LogP contribution in [0.5, 0.6) is 0 Å². The van der Waals surface area contributed by atoms with E-state index in [4.69, 9.17) is 0 Å². The van der Waals surface area contributed by atoms with Crippen molar-refractivity contribution in [3.63, 3.8) is 0 Å². The number of nitrogens with zero attached hydrogens (tertiary/aromatic N) is 2. The number of hydrogen-bond donors (Lipinski definition) is 0. The molecule has 0 amide bonds. The van der Waals surface area contributed by atoms with Crippen molar-refractivity contribution >= 4 is 34.4 Å². The number of aryl methyl sites for hydroxylation is 2. The number of aromatic nitrogens is 2. The highest BCUT2D eigenvalue weighted by atomic mass is 32.2. The molecule has 0 radical (unpaired) electrons. The highest BCUT2D eigenvalue weighted by Gasteiger charge is 2.04. The van der Waals surface area contributed by atoms with Crippen LogP contribution >= 0.6 is 34.4 Å². The van der Waals surface area contributed by atoms with E-state index in [1.165, 1.54) is 9.75 Å². The molecule has 2 rings (SSSR count). The molecule has 0 spiro atoms. The highest BCUT2D eigenvalue weighted by Crippen LogP contribution is 2.33. The van der Waals surface area contributed by atoms with Crippen LogP contribution in [0, 0.1) is 13.8 Å². The monoisotopic (exact) mass is 228 g/mol. The molecule has 0 saturated carbocycles. The second kappa shape index (κ2) is 3.77. The van der Waals surface area contributed by atoms with Crippen LogP contribution in [0.25, 0.3) is 0 Å². The van der Waals surface area contributed by atoms with Crippen molar-refractivity contribution in [3.8, 4) is 0 Å². The number of thiazole rings is 2. The molecule has 2 aromatic heterocycles. The maximum Gasteiger partial charge on any atom is 0.157 e. The van der Waals surface area contributed by atoms with Crippen LogP contribution in [0.2, 0.25) is 0 Å². The van der Waals surface area contributed by atoms with E-state index >= 15 is 0 Å². The van der Waals surface area contributed by atoms with Gasteiger partial charge in [0.25, 0.3) is 0 Å². The van der Waals surface area contributed by atoms with Gasteiger partial charge in [-0.2, -0.15) is 0 Å². The summed E-state index contributed by atoms with van der Waals surface area (Å²) in [5.41, 5.74) is 0. The molecule has 13 heavy (non-hydrogen) atoms. The van der Waals surface area contributed by atoms with Gasteiger partial charge in [0.15, 0.2) is 8.68 Å². The molecule has 0 aliphatic rings. The van der Waals surface area contributed by atoms with Gasteiger partial charge in [-0.3, -0.25) is 0 Å². The summed E-state index contributed by atoms with van der Waals surface area (Å²) in [6, 6.07) is 0. The van der Waals surface area contributed by atoms with E-state index in [0.717, 1.165) is 8.68 Å². The van der Waals surface area contributed by atoms with Crippen LogP contribution in [0.1, 0.15) is 9.75 Å². The minimum atomic E-state index is 1.08. The Bertz CT molecular complexity index is 367. The summed E-state index contributed by atoms with van der Waals surface area (Å²) >= 11 is 5.06. The van der Waals surface area contributed by atoms with Gasteiger partial charge in [-0.25, -0.2) is 9.97 Å². The van der Waals surface area contributed by atoms with E-state index in [1.807, 2.05) is 12.4 Å². The number of hydrogen-bond acceptors (Lipinski definition) is 5. The minimum absolute atomic E-state index is 1.08. The average molecular weight is 228 g/mol. The minimum Gasteiger partial charge on any atom is -0.237 e. The van der Waals surface area contributed by atoms with E-state index in [2.05, 4.69) is 23.8 Å². The molecule has 0 unspecified atom stereocenters. The van der Waals surface area contributed by atoms with E-state index < -0.39 is 0 Å². The zero-order chi connectivity index (χ0) is 9.26. The first-order valence-corrected chi connectivity index (χ1v) is 6.22. The van der Waals surface area contributed by atoms with Crippen LogP contribution in [0.4, 0.5) is 0 Å². The van der Waals surface area contributed by atoms with Crippen molar-refractivity contribution in [1.82, 2.24) is 9.97 Å². The van der Waals surface area contributed by atoms with Crippen molar-refractivity contribution in [2.24, 2.45) is 0 Å². The molecular weight excluding hydrogens is 220 g/mol. The van der Waals surface area contributed by atoms with Crippen LogP contribution < -0.4 is 0 Å². The second-order valence-corrected chi connectivity index (χ2v) is 6.54. The second-order valence-electron chi connectivity index (χ2n) is 2.58. The molecule has 0 fully saturated rings. The summed E-state index contributed by atoms with van der Waals surface area (Å²) in [7, 11) is 0.